The van der Waals surface area contributed by atoms with Crippen molar-refractivity contribution in [2.75, 3.05) is 19.6 Å². The van der Waals surface area contributed by atoms with Gasteiger partial charge in [0.2, 0.25) is 0 Å². The Balaban J connectivity index is 4.14. The monoisotopic (exact) mass is 288 g/mol. The maximum atomic E-state index is 11.9. The minimum absolute atomic E-state index is 0.321. The summed E-state index contributed by atoms with van der Waals surface area (Å²) in [5.74, 6) is 0. The van der Waals surface area contributed by atoms with E-state index in [2.05, 4.69) is 5.32 Å². The van der Waals surface area contributed by atoms with Gasteiger partial charge in [-0.2, -0.15) is 0 Å². The van der Waals surface area contributed by atoms with E-state index in [0.29, 0.717) is 19.6 Å². The third kappa shape index (κ3) is 9.47. The highest BCUT2D eigenvalue weighted by Gasteiger charge is 2.21. The Morgan fingerprint density at radius 1 is 1.00 bits per heavy atom. The van der Waals surface area contributed by atoms with Crippen LogP contribution in [0.2, 0.25) is 0 Å². The van der Waals surface area contributed by atoms with Crippen molar-refractivity contribution in [1.29, 1.82) is 0 Å². The van der Waals surface area contributed by atoms with Crippen LogP contribution < -0.4 is 5.32 Å². The predicted octanol–water partition coefficient (Wildman–Crippen LogP) is 2.77. The fourth-order valence-corrected chi connectivity index (χ4v) is 1.31. The second kappa shape index (κ2) is 7.36. The molecule has 2 amide bonds. The molecule has 20 heavy (non-hydrogen) atoms. The SMILES string of the molecule is CCN(CCNC(=O)OC(C)(C)C)C(=O)OC(C)(C)C. The zero-order chi connectivity index (χ0) is 16.0. The van der Waals surface area contributed by atoms with Gasteiger partial charge in [0.15, 0.2) is 0 Å². The summed E-state index contributed by atoms with van der Waals surface area (Å²) in [5, 5.41) is 2.61. The van der Waals surface area contributed by atoms with Crippen LogP contribution in [0.1, 0.15) is 48.5 Å². The Morgan fingerprint density at radius 3 is 1.90 bits per heavy atom. The van der Waals surface area contributed by atoms with E-state index in [9.17, 15) is 9.59 Å². The number of nitrogens with zero attached hydrogens (tertiary/aromatic N) is 1. The average molecular weight is 288 g/mol. The van der Waals surface area contributed by atoms with Crippen molar-refractivity contribution >= 4 is 12.2 Å². The minimum Gasteiger partial charge on any atom is -0.444 e. The largest absolute Gasteiger partial charge is 0.444 e. The van der Waals surface area contributed by atoms with E-state index in [1.807, 2.05) is 27.7 Å². The first kappa shape index (κ1) is 18.5. The molecule has 6 heteroatoms. The molecular formula is C14H28N2O4. The van der Waals surface area contributed by atoms with Crippen molar-refractivity contribution in [1.82, 2.24) is 10.2 Å². The van der Waals surface area contributed by atoms with Gasteiger partial charge in [-0.1, -0.05) is 0 Å². The van der Waals surface area contributed by atoms with Gasteiger partial charge >= 0.3 is 12.2 Å². The van der Waals surface area contributed by atoms with Crippen LogP contribution in [0.4, 0.5) is 9.59 Å². The van der Waals surface area contributed by atoms with Crippen molar-refractivity contribution in [3.8, 4) is 0 Å². The lowest BCUT2D eigenvalue weighted by molar-refractivity contribution is 0.0250. The van der Waals surface area contributed by atoms with Crippen molar-refractivity contribution in [2.45, 2.75) is 59.7 Å². The number of rotatable bonds is 4. The molecule has 0 aromatic rings. The van der Waals surface area contributed by atoms with E-state index in [0.717, 1.165) is 0 Å². The van der Waals surface area contributed by atoms with Crippen LogP contribution in [0.15, 0.2) is 0 Å². The standard InChI is InChI=1S/C14H28N2O4/c1-8-16(12(18)20-14(5,6)7)10-9-15-11(17)19-13(2,3)4/h8-10H2,1-7H3,(H,15,17). The van der Waals surface area contributed by atoms with Gasteiger partial charge in [-0.05, 0) is 48.5 Å². The molecule has 1 N–H and O–H groups in total. The normalized spacial score (nSPS) is 11.8. The predicted molar refractivity (Wildman–Crippen MR) is 77.7 cm³/mol. The second-order valence-electron chi connectivity index (χ2n) is 6.49. The van der Waals surface area contributed by atoms with E-state index in [1.54, 1.807) is 20.8 Å². The quantitative estimate of drug-likeness (QED) is 0.863. The van der Waals surface area contributed by atoms with Crippen molar-refractivity contribution in [3.05, 3.63) is 0 Å². The highest BCUT2D eigenvalue weighted by molar-refractivity contribution is 5.69. The lowest BCUT2D eigenvalue weighted by Crippen LogP contribution is -2.42. The molecule has 0 atom stereocenters. The van der Waals surface area contributed by atoms with Crippen LogP contribution in [-0.2, 0) is 9.47 Å². The molecular weight excluding hydrogens is 260 g/mol. The third-order valence-electron chi connectivity index (χ3n) is 2.08. The Hall–Kier alpha value is -1.46. The first-order chi connectivity index (χ1) is 8.94. The minimum atomic E-state index is -0.528. The summed E-state index contributed by atoms with van der Waals surface area (Å²) in [6, 6.07) is 0. The van der Waals surface area contributed by atoms with Gasteiger partial charge in [0.1, 0.15) is 11.2 Å². The summed E-state index contributed by atoms with van der Waals surface area (Å²) in [5.41, 5.74) is -1.05. The molecule has 0 aliphatic heterocycles. The van der Waals surface area contributed by atoms with E-state index in [-0.39, 0.29) is 6.09 Å². The summed E-state index contributed by atoms with van der Waals surface area (Å²) in [4.78, 5) is 24.8. The van der Waals surface area contributed by atoms with Crippen LogP contribution in [0.25, 0.3) is 0 Å². The number of carbonyl (C=O) groups is 2. The average Bonchev–Trinajstić information content (AvgIpc) is 2.18. The van der Waals surface area contributed by atoms with Gasteiger partial charge in [0, 0.05) is 19.6 Å². The summed E-state index contributed by atoms with van der Waals surface area (Å²) in [6.07, 6.45) is -0.872. The molecule has 0 bridgehead atoms. The summed E-state index contributed by atoms with van der Waals surface area (Å²) in [6.45, 7) is 13.9. The summed E-state index contributed by atoms with van der Waals surface area (Å²) >= 11 is 0. The van der Waals surface area contributed by atoms with Crippen molar-refractivity contribution < 1.29 is 19.1 Å². The molecule has 0 saturated heterocycles. The molecule has 0 spiro atoms. The zero-order valence-corrected chi connectivity index (χ0v) is 13.7. The maximum absolute atomic E-state index is 11.9. The van der Waals surface area contributed by atoms with E-state index in [4.69, 9.17) is 9.47 Å². The maximum Gasteiger partial charge on any atom is 0.410 e. The molecule has 0 aliphatic carbocycles. The number of ether oxygens (including phenoxy) is 2. The van der Waals surface area contributed by atoms with Crippen LogP contribution in [0.5, 0.6) is 0 Å². The fraction of sp³-hybridized carbons (Fsp3) is 0.857. The van der Waals surface area contributed by atoms with Crippen molar-refractivity contribution in [2.24, 2.45) is 0 Å². The molecule has 0 saturated carbocycles. The Morgan fingerprint density at radius 2 is 1.50 bits per heavy atom. The van der Waals surface area contributed by atoms with Crippen LogP contribution >= 0.6 is 0 Å². The zero-order valence-electron chi connectivity index (χ0n) is 13.7. The summed E-state index contributed by atoms with van der Waals surface area (Å²) in [7, 11) is 0. The van der Waals surface area contributed by atoms with Gasteiger partial charge in [0.25, 0.3) is 0 Å². The number of hydrogen-bond acceptors (Lipinski definition) is 4. The lowest BCUT2D eigenvalue weighted by Gasteiger charge is -2.26. The van der Waals surface area contributed by atoms with Gasteiger partial charge in [-0.25, -0.2) is 9.59 Å². The van der Waals surface area contributed by atoms with Crippen LogP contribution in [0.3, 0.4) is 0 Å². The number of hydrogen-bond donors (Lipinski definition) is 1. The van der Waals surface area contributed by atoms with Gasteiger partial charge in [0.05, 0.1) is 0 Å². The molecule has 0 aromatic carbocycles. The number of amides is 2. The lowest BCUT2D eigenvalue weighted by atomic mass is 10.2. The fourth-order valence-electron chi connectivity index (χ4n) is 1.31. The molecule has 0 aromatic heterocycles. The Bertz CT molecular complexity index is 329. The van der Waals surface area contributed by atoms with Crippen LogP contribution in [0, 0.1) is 0 Å². The third-order valence-corrected chi connectivity index (χ3v) is 2.08. The molecule has 118 valence electrons. The smallest absolute Gasteiger partial charge is 0.410 e. The number of carbonyl (C=O) groups excluding carboxylic acids is 2. The molecule has 0 aliphatic rings. The number of alkyl carbamates (subject to hydrolysis) is 1. The summed E-state index contributed by atoms with van der Waals surface area (Å²) < 4.78 is 10.4. The molecule has 6 nitrogen and oxygen atoms in total. The van der Waals surface area contributed by atoms with Gasteiger partial charge in [-0.3, -0.25) is 0 Å². The molecule has 0 rings (SSSR count). The van der Waals surface area contributed by atoms with Gasteiger partial charge < -0.3 is 19.7 Å². The number of likely N-dealkylation sites (N-methyl/N-ethyl adjacent to an activating group) is 1. The second-order valence-corrected chi connectivity index (χ2v) is 6.49. The van der Waals surface area contributed by atoms with E-state index in [1.165, 1.54) is 4.90 Å². The number of nitrogens with one attached hydrogen (secondary N) is 1. The van der Waals surface area contributed by atoms with Gasteiger partial charge in [-0.15, -0.1) is 0 Å². The van der Waals surface area contributed by atoms with E-state index < -0.39 is 17.3 Å². The first-order valence-corrected chi connectivity index (χ1v) is 6.89. The highest BCUT2D eigenvalue weighted by atomic mass is 16.6. The topological polar surface area (TPSA) is 67.9 Å². The highest BCUT2D eigenvalue weighted by Crippen LogP contribution is 2.09. The first-order valence-electron chi connectivity index (χ1n) is 6.89. The molecule has 0 radical (unpaired) electrons. The Kier molecular flexibility index (Phi) is 6.82. The van der Waals surface area contributed by atoms with E-state index >= 15 is 0 Å². The van der Waals surface area contributed by atoms with Crippen LogP contribution in [-0.4, -0.2) is 47.9 Å². The molecule has 0 heterocycles. The molecule has 0 fully saturated rings. The molecule has 0 unspecified atom stereocenters. The Labute approximate surface area is 121 Å². The van der Waals surface area contributed by atoms with Crippen molar-refractivity contribution in [3.63, 3.8) is 0 Å².